The summed E-state index contributed by atoms with van der Waals surface area (Å²) in [6.07, 6.45) is -0.582. The van der Waals surface area contributed by atoms with Crippen LogP contribution in [0, 0.1) is 0 Å². The molecule has 2 aromatic heterocycles. The van der Waals surface area contributed by atoms with Gasteiger partial charge in [-0.3, -0.25) is 14.2 Å². The van der Waals surface area contributed by atoms with Gasteiger partial charge in [-0.2, -0.15) is 0 Å². The number of ether oxygens (including phenoxy) is 1. The number of anilines is 1. The maximum atomic E-state index is 12.7. The summed E-state index contributed by atoms with van der Waals surface area (Å²) in [5.41, 5.74) is 0.326. The molecule has 0 saturated heterocycles. The molecule has 0 radical (unpaired) electrons. The van der Waals surface area contributed by atoms with Gasteiger partial charge in [-0.25, -0.2) is 4.98 Å². The number of nitrogens with zero attached hydrogens (tertiary/aromatic N) is 3. The molecule has 3 aromatic rings. The second-order valence-corrected chi connectivity index (χ2v) is 8.19. The summed E-state index contributed by atoms with van der Waals surface area (Å²) in [4.78, 5) is 29.5. The Morgan fingerprint density at radius 2 is 1.75 bits per heavy atom. The summed E-state index contributed by atoms with van der Waals surface area (Å²) >= 11 is 6.02. The van der Waals surface area contributed by atoms with E-state index >= 15 is 0 Å². The average Bonchev–Trinajstić information content (AvgIpc) is 2.74. The van der Waals surface area contributed by atoms with Crippen LogP contribution in [0.1, 0.15) is 31.7 Å². The van der Waals surface area contributed by atoms with Crippen LogP contribution in [0.2, 0.25) is 5.02 Å². The Bertz CT molecular complexity index is 1250. The lowest BCUT2D eigenvalue weighted by molar-refractivity contribution is -0.274. The number of aromatic nitrogens is 3. The van der Waals surface area contributed by atoms with E-state index in [4.69, 9.17) is 11.6 Å². The molecule has 0 spiro atoms. The van der Waals surface area contributed by atoms with Crippen molar-refractivity contribution in [3.8, 4) is 5.75 Å². The third-order valence-corrected chi connectivity index (χ3v) is 5.84. The van der Waals surface area contributed by atoms with E-state index in [2.05, 4.69) is 15.0 Å². The van der Waals surface area contributed by atoms with Gasteiger partial charge in [-0.1, -0.05) is 11.6 Å². The summed E-state index contributed by atoms with van der Waals surface area (Å²) < 4.78 is 43.5. The molecule has 1 saturated carbocycles. The van der Waals surface area contributed by atoms with E-state index < -0.39 is 17.5 Å². The van der Waals surface area contributed by atoms with Gasteiger partial charge < -0.3 is 14.6 Å². The molecule has 11 heteroatoms. The minimum absolute atomic E-state index is 0.0801. The van der Waals surface area contributed by atoms with Gasteiger partial charge in [0.05, 0.1) is 10.5 Å². The molecule has 1 aromatic carbocycles. The lowest BCUT2D eigenvalue weighted by atomic mass is 9.90. The highest BCUT2D eigenvalue weighted by Gasteiger charge is 2.31. The fraction of sp³-hybridized carbons (Fsp3) is 0.381. The molecule has 1 aliphatic carbocycles. The fourth-order valence-electron chi connectivity index (χ4n) is 4.11. The van der Waals surface area contributed by atoms with E-state index in [-0.39, 0.29) is 17.8 Å². The van der Waals surface area contributed by atoms with Crippen LogP contribution < -0.4 is 21.2 Å². The van der Waals surface area contributed by atoms with Gasteiger partial charge in [0.25, 0.3) is 0 Å². The Hall–Kier alpha value is -3.01. The van der Waals surface area contributed by atoms with Gasteiger partial charge in [0.2, 0.25) is 0 Å². The number of fused-ring (bicyclic) bond motifs is 1. The number of halogens is 4. The maximum Gasteiger partial charge on any atom is 0.573 e. The molecular weight excluding hydrogens is 449 g/mol. The Kier molecular flexibility index (Phi) is 5.89. The first kappa shape index (κ1) is 22.2. The summed E-state index contributed by atoms with van der Waals surface area (Å²) in [5.74, 6) is -0.281. The lowest BCUT2D eigenvalue weighted by Gasteiger charge is -2.31. The third kappa shape index (κ3) is 4.59. The fourth-order valence-corrected chi connectivity index (χ4v) is 4.26. The van der Waals surface area contributed by atoms with Gasteiger partial charge >= 0.3 is 17.5 Å². The maximum absolute atomic E-state index is 12.7. The molecule has 2 heterocycles. The lowest BCUT2D eigenvalue weighted by Crippen LogP contribution is -2.43. The molecule has 0 amide bonds. The van der Waals surface area contributed by atoms with Crippen LogP contribution in [0.3, 0.4) is 0 Å². The number of alkyl halides is 3. The van der Waals surface area contributed by atoms with E-state index in [1.165, 1.54) is 46.6 Å². The molecule has 1 fully saturated rings. The van der Waals surface area contributed by atoms with E-state index in [0.717, 1.165) is 0 Å². The molecule has 1 N–H and O–H groups in total. The van der Waals surface area contributed by atoms with Crippen LogP contribution in [0.5, 0.6) is 5.75 Å². The number of nitrogens with one attached hydrogen (secondary N) is 1. The highest BCUT2D eigenvalue weighted by Crippen LogP contribution is 2.31. The van der Waals surface area contributed by atoms with Crippen LogP contribution in [0.15, 0.2) is 46.1 Å². The van der Waals surface area contributed by atoms with Crippen LogP contribution in [-0.2, 0) is 7.05 Å². The van der Waals surface area contributed by atoms with Crippen LogP contribution in [-0.4, -0.2) is 26.5 Å². The van der Waals surface area contributed by atoms with Crippen LogP contribution in [0.25, 0.3) is 11.2 Å². The van der Waals surface area contributed by atoms with E-state index in [9.17, 15) is 22.8 Å². The second-order valence-electron chi connectivity index (χ2n) is 7.76. The minimum Gasteiger partial charge on any atom is -0.406 e. The van der Waals surface area contributed by atoms with Crippen LogP contribution in [0.4, 0.5) is 18.9 Å². The van der Waals surface area contributed by atoms with E-state index in [0.29, 0.717) is 47.6 Å². The number of hydrogen-bond acceptors (Lipinski definition) is 5. The van der Waals surface area contributed by atoms with Gasteiger partial charge in [-0.05, 0) is 56.0 Å². The molecule has 0 atom stereocenters. The first-order valence-electron chi connectivity index (χ1n) is 10.0. The molecular formula is C21H20ClF3N4O3. The second kappa shape index (κ2) is 8.50. The number of hydrogen-bond donors (Lipinski definition) is 1. The van der Waals surface area contributed by atoms with Crippen molar-refractivity contribution < 1.29 is 17.9 Å². The molecule has 4 rings (SSSR count). The SMILES string of the molecule is Cn1c(=O)c(=O)n(C2CCC(Nc3ccc(OC(F)(F)F)cc3)CC2)c2ncc(Cl)cc21. The van der Waals surface area contributed by atoms with Gasteiger partial charge in [0, 0.05) is 31.0 Å². The number of benzene rings is 1. The highest BCUT2D eigenvalue weighted by molar-refractivity contribution is 6.31. The largest absolute Gasteiger partial charge is 0.573 e. The smallest absolute Gasteiger partial charge is 0.406 e. The predicted octanol–water partition coefficient (Wildman–Crippen LogP) is 4.24. The summed E-state index contributed by atoms with van der Waals surface area (Å²) in [6.45, 7) is 0. The molecule has 170 valence electrons. The summed E-state index contributed by atoms with van der Waals surface area (Å²) in [6, 6.07) is 7.07. The Morgan fingerprint density at radius 3 is 2.38 bits per heavy atom. The Morgan fingerprint density at radius 1 is 1.09 bits per heavy atom. The molecule has 0 bridgehead atoms. The van der Waals surface area contributed by atoms with Crippen molar-refractivity contribution in [3.63, 3.8) is 0 Å². The standard InChI is InChI=1S/C21H20ClF3N4O3/c1-28-17-10-12(22)11-26-18(17)29(20(31)19(28)30)15-6-2-13(3-7-15)27-14-4-8-16(9-5-14)32-21(23,24)25/h4-5,8-11,13,15,27H,2-3,6-7H2,1H3. The molecule has 1 aliphatic rings. The Labute approximate surface area is 185 Å². The van der Waals surface area contributed by atoms with Crippen molar-refractivity contribution in [1.82, 2.24) is 14.1 Å². The van der Waals surface area contributed by atoms with Gasteiger partial charge in [0.1, 0.15) is 5.75 Å². The van der Waals surface area contributed by atoms with Crippen LogP contribution >= 0.6 is 11.6 Å². The molecule has 32 heavy (non-hydrogen) atoms. The molecule has 0 unspecified atom stereocenters. The number of pyridine rings is 1. The molecule has 0 aliphatic heterocycles. The van der Waals surface area contributed by atoms with Crippen molar-refractivity contribution in [2.45, 2.75) is 44.1 Å². The average molecular weight is 469 g/mol. The van der Waals surface area contributed by atoms with Crippen molar-refractivity contribution in [2.75, 3.05) is 5.32 Å². The monoisotopic (exact) mass is 468 g/mol. The van der Waals surface area contributed by atoms with E-state index in [1.807, 2.05) is 0 Å². The van der Waals surface area contributed by atoms with Crippen molar-refractivity contribution in [2.24, 2.45) is 7.05 Å². The first-order chi connectivity index (χ1) is 15.1. The number of rotatable bonds is 4. The van der Waals surface area contributed by atoms with Crippen molar-refractivity contribution >= 4 is 28.5 Å². The van der Waals surface area contributed by atoms with Gasteiger partial charge in [0.15, 0.2) is 5.65 Å². The zero-order valence-corrected chi connectivity index (χ0v) is 17.8. The topological polar surface area (TPSA) is 78.2 Å². The predicted molar refractivity (Wildman–Crippen MR) is 114 cm³/mol. The first-order valence-corrected chi connectivity index (χ1v) is 10.4. The normalized spacial score (nSPS) is 19.2. The Balaban J connectivity index is 1.48. The third-order valence-electron chi connectivity index (χ3n) is 5.63. The summed E-state index contributed by atoms with van der Waals surface area (Å²) in [5, 5.41) is 3.67. The zero-order valence-electron chi connectivity index (χ0n) is 17.0. The van der Waals surface area contributed by atoms with Crippen molar-refractivity contribution in [3.05, 3.63) is 62.3 Å². The summed E-state index contributed by atoms with van der Waals surface area (Å²) in [7, 11) is 1.51. The quantitative estimate of drug-likeness (QED) is 0.579. The van der Waals surface area contributed by atoms with E-state index in [1.54, 1.807) is 6.07 Å². The van der Waals surface area contributed by atoms with Crippen molar-refractivity contribution in [1.29, 1.82) is 0 Å². The van der Waals surface area contributed by atoms with Gasteiger partial charge in [-0.15, -0.1) is 13.2 Å². The highest BCUT2D eigenvalue weighted by atomic mass is 35.5. The molecule has 7 nitrogen and oxygen atoms in total. The zero-order chi connectivity index (χ0) is 23.0. The minimum atomic E-state index is -4.73. The number of aryl methyl sites for hydroxylation is 1.